The minimum Gasteiger partial charge on any atom is -0.496 e. The van der Waals surface area contributed by atoms with Crippen LogP contribution in [0.15, 0.2) is 41.3 Å². The maximum absolute atomic E-state index is 12.5. The van der Waals surface area contributed by atoms with Crippen LogP contribution >= 0.6 is 23.2 Å². The zero-order valence-electron chi connectivity index (χ0n) is 11.1. The highest BCUT2D eigenvalue weighted by Gasteiger charge is 2.14. The Kier molecular flexibility index (Phi) is 5.24. The first kappa shape index (κ1) is 15.8. The average molecular weight is 340 g/mol. The Bertz CT molecular complexity index is 741. The summed E-state index contributed by atoms with van der Waals surface area (Å²) in [6.07, 6.45) is 0. The number of nitrogens with zero attached hydrogens (tertiary/aromatic N) is 1. The second-order valence-electron chi connectivity index (χ2n) is 4.20. The normalized spacial score (nSPS) is 11.7. The van der Waals surface area contributed by atoms with Crippen molar-refractivity contribution in [3.8, 4) is 11.8 Å². The predicted molar refractivity (Wildman–Crippen MR) is 84.3 cm³/mol. The summed E-state index contributed by atoms with van der Waals surface area (Å²) in [6, 6.07) is 11.9. The van der Waals surface area contributed by atoms with Crippen LogP contribution in [0.5, 0.6) is 5.75 Å². The van der Waals surface area contributed by atoms with Crippen LogP contribution in [0.25, 0.3) is 0 Å². The minimum absolute atomic E-state index is 0.193. The van der Waals surface area contributed by atoms with Crippen molar-refractivity contribution in [1.29, 1.82) is 5.26 Å². The van der Waals surface area contributed by atoms with Crippen molar-refractivity contribution in [1.82, 2.24) is 0 Å². The van der Waals surface area contributed by atoms with Crippen molar-refractivity contribution in [2.24, 2.45) is 0 Å². The van der Waals surface area contributed by atoms with Crippen molar-refractivity contribution in [2.45, 2.75) is 10.6 Å². The third-order valence-electron chi connectivity index (χ3n) is 2.83. The molecule has 6 heteroatoms. The Morgan fingerprint density at radius 3 is 2.67 bits per heavy atom. The van der Waals surface area contributed by atoms with Crippen molar-refractivity contribution < 1.29 is 8.95 Å². The van der Waals surface area contributed by atoms with E-state index < -0.39 is 10.8 Å². The third-order valence-corrected chi connectivity index (χ3v) is 4.91. The van der Waals surface area contributed by atoms with E-state index in [1.54, 1.807) is 36.4 Å². The van der Waals surface area contributed by atoms with Gasteiger partial charge in [0.1, 0.15) is 5.75 Å². The number of benzene rings is 2. The molecule has 0 radical (unpaired) electrons. The number of methoxy groups -OCH3 is 1. The Balaban J connectivity index is 2.35. The maximum Gasteiger partial charge on any atom is 0.123 e. The highest BCUT2D eigenvalue weighted by atomic mass is 35.5. The Morgan fingerprint density at radius 1 is 1.24 bits per heavy atom. The van der Waals surface area contributed by atoms with Crippen LogP contribution < -0.4 is 4.74 Å². The van der Waals surface area contributed by atoms with Crippen LogP contribution in [0, 0.1) is 11.3 Å². The largest absolute Gasteiger partial charge is 0.496 e. The zero-order chi connectivity index (χ0) is 15.4. The number of hydrogen-bond donors (Lipinski definition) is 0. The molecule has 0 spiro atoms. The molecule has 0 saturated heterocycles. The molecule has 0 N–H and O–H groups in total. The number of halogens is 2. The van der Waals surface area contributed by atoms with Crippen molar-refractivity contribution >= 4 is 34.0 Å². The molecule has 1 atom stereocenters. The highest BCUT2D eigenvalue weighted by molar-refractivity contribution is 7.84. The molecular weight excluding hydrogens is 329 g/mol. The number of ether oxygens (including phenoxy) is 1. The minimum atomic E-state index is -1.38. The molecule has 0 aliphatic rings. The van der Waals surface area contributed by atoms with E-state index in [1.165, 1.54) is 7.11 Å². The molecule has 0 amide bonds. The van der Waals surface area contributed by atoms with Gasteiger partial charge >= 0.3 is 0 Å². The van der Waals surface area contributed by atoms with Crippen LogP contribution in [-0.2, 0) is 16.6 Å². The second kappa shape index (κ2) is 6.95. The summed E-state index contributed by atoms with van der Waals surface area (Å²) in [7, 11) is 0.144. The van der Waals surface area contributed by atoms with Crippen molar-refractivity contribution in [2.75, 3.05) is 7.11 Å². The highest BCUT2D eigenvalue weighted by Crippen LogP contribution is 2.28. The van der Waals surface area contributed by atoms with Gasteiger partial charge in [0.2, 0.25) is 0 Å². The molecule has 2 aromatic rings. The van der Waals surface area contributed by atoms with Crippen LogP contribution in [0.3, 0.4) is 0 Å². The SMILES string of the molecule is COc1ccc(C#N)cc1CS(=O)c1cc(Cl)ccc1Cl. The summed E-state index contributed by atoms with van der Waals surface area (Å²) >= 11 is 12.0. The van der Waals surface area contributed by atoms with Gasteiger partial charge in [-0.05, 0) is 36.4 Å². The fourth-order valence-electron chi connectivity index (χ4n) is 1.83. The summed E-state index contributed by atoms with van der Waals surface area (Å²) in [5.41, 5.74) is 1.17. The molecule has 108 valence electrons. The van der Waals surface area contributed by atoms with E-state index in [1.807, 2.05) is 0 Å². The summed E-state index contributed by atoms with van der Waals surface area (Å²) in [5, 5.41) is 9.82. The van der Waals surface area contributed by atoms with Crippen LogP contribution in [0.4, 0.5) is 0 Å². The Morgan fingerprint density at radius 2 is 2.00 bits per heavy atom. The molecule has 0 bridgehead atoms. The van der Waals surface area contributed by atoms with Gasteiger partial charge in [-0.25, -0.2) is 0 Å². The van der Waals surface area contributed by atoms with Crippen molar-refractivity contribution in [3.05, 3.63) is 57.6 Å². The van der Waals surface area contributed by atoms with Gasteiger partial charge in [-0.3, -0.25) is 4.21 Å². The van der Waals surface area contributed by atoms with Gasteiger partial charge in [-0.15, -0.1) is 0 Å². The fourth-order valence-corrected chi connectivity index (χ4v) is 3.65. The van der Waals surface area contributed by atoms with Gasteiger partial charge in [0, 0.05) is 10.6 Å². The van der Waals surface area contributed by atoms with Crippen LogP contribution in [0.2, 0.25) is 10.0 Å². The van der Waals surface area contributed by atoms with E-state index in [0.29, 0.717) is 31.8 Å². The standard InChI is InChI=1S/C15H11Cl2NO2S/c1-20-14-5-2-10(8-18)6-11(14)9-21(19)15-7-12(16)3-4-13(15)17/h2-7H,9H2,1H3. The fraction of sp³-hybridized carbons (Fsp3) is 0.133. The van der Waals surface area contributed by atoms with Crippen LogP contribution in [0.1, 0.15) is 11.1 Å². The Labute approximate surface area is 135 Å². The van der Waals surface area contributed by atoms with E-state index >= 15 is 0 Å². The molecule has 0 fully saturated rings. The molecule has 21 heavy (non-hydrogen) atoms. The van der Waals surface area contributed by atoms with Gasteiger partial charge in [-0.1, -0.05) is 23.2 Å². The average Bonchev–Trinajstić information content (AvgIpc) is 2.49. The maximum atomic E-state index is 12.5. The van der Waals surface area contributed by atoms with E-state index in [0.717, 1.165) is 0 Å². The molecule has 2 rings (SSSR count). The third kappa shape index (κ3) is 3.76. The molecule has 0 aliphatic carbocycles. The summed E-state index contributed by atoms with van der Waals surface area (Å²) in [6.45, 7) is 0. The lowest BCUT2D eigenvalue weighted by Gasteiger charge is -2.10. The molecule has 2 aromatic carbocycles. The van der Waals surface area contributed by atoms with Crippen molar-refractivity contribution in [3.63, 3.8) is 0 Å². The molecule has 0 saturated carbocycles. The molecule has 0 heterocycles. The quantitative estimate of drug-likeness (QED) is 0.839. The van der Waals surface area contributed by atoms with Crippen LogP contribution in [-0.4, -0.2) is 11.3 Å². The first-order valence-electron chi connectivity index (χ1n) is 5.95. The molecule has 3 nitrogen and oxygen atoms in total. The first-order chi connectivity index (χ1) is 10.0. The van der Waals surface area contributed by atoms with E-state index in [2.05, 4.69) is 6.07 Å². The molecular formula is C15H11Cl2NO2S. The number of nitriles is 1. The predicted octanol–water partition coefficient (Wildman–Crippen LogP) is 4.18. The first-order valence-corrected chi connectivity index (χ1v) is 8.03. The monoisotopic (exact) mass is 339 g/mol. The molecule has 0 aliphatic heterocycles. The van der Waals surface area contributed by atoms with Gasteiger partial charge in [-0.2, -0.15) is 5.26 Å². The Hall–Kier alpha value is -1.54. The lowest BCUT2D eigenvalue weighted by molar-refractivity contribution is 0.411. The number of rotatable bonds is 4. The molecule has 1 unspecified atom stereocenters. The lowest BCUT2D eigenvalue weighted by atomic mass is 10.1. The topological polar surface area (TPSA) is 50.1 Å². The van der Waals surface area contributed by atoms with E-state index in [9.17, 15) is 4.21 Å². The van der Waals surface area contributed by atoms with Gasteiger partial charge in [0.15, 0.2) is 0 Å². The summed E-state index contributed by atoms with van der Waals surface area (Å²) in [5.74, 6) is 0.777. The van der Waals surface area contributed by atoms with Gasteiger partial charge in [0.05, 0.1) is 45.2 Å². The summed E-state index contributed by atoms with van der Waals surface area (Å²) in [4.78, 5) is 0.466. The second-order valence-corrected chi connectivity index (χ2v) is 6.47. The lowest BCUT2D eigenvalue weighted by Crippen LogP contribution is -2.00. The number of hydrogen-bond acceptors (Lipinski definition) is 3. The summed E-state index contributed by atoms with van der Waals surface area (Å²) < 4.78 is 17.7. The van der Waals surface area contributed by atoms with Gasteiger partial charge in [0.25, 0.3) is 0 Å². The zero-order valence-corrected chi connectivity index (χ0v) is 13.4. The smallest absolute Gasteiger partial charge is 0.123 e. The molecule has 0 aromatic heterocycles. The van der Waals surface area contributed by atoms with Gasteiger partial charge < -0.3 is 4.74 Å². The van der Waals surface area contributed by atoms with E-state index in [4.69, 9.17) is 33.2 Å². The van der Waals surface area contributed by atoms with E-state index in [-0.39, 0.29) is 5.75 Å².